The van der Waals surface area contributed by atoms with E-state index in [4.69, 9.17) is 14.2 Å². The van der Waals surface area contributed by atoms with Crippen molar-refractivity contribution in [1.29, 1.82) is 0 Å². The van der Waals surface area contributed by atoms with Gasteiger partial charge in [-0.2, -0.15) is 0 Å². The van der Waals surface area contributed by atoms with E-state index in [-0.39, 0.29) is 35.7 Å². The summed E-state index contributed by atoms with van der Waals surface area (Å²) in [6.45, 7) is 15.3. The number of carbonyl (C=O) groups is 4. The van der Waals surface area contributed by atoms with Crippen molar-refractivity contribution in [3.8, 4) is 5.75 Å². The number of ether oxygens (including phenoxy) is 3. The molecule has 6 rings (SSSR count). The maximum Gasteiger partial charge on any atom is 0.410 e. The fraction of sp³-hybridized carbons (Fsp3) is 0.610. The molecule has 0 unspecified atom stereocenters. The first-order valence-electron chi connectivity index (χ1n) is 19.4. The Labute approximate surface area is 318 Å². The van der Waals surface area contributed by atoms with Crippen molar-refractivity contribution in [3.63, 3.8) is 0 Å². The Bertz CT molecular complexity index is 1700. The maximum atomic E-state index is 14.9. The highest BCUT2D eigenvalue weighted by atomic mass is 19.1. The Kier molecular flexibility index (Phi) is 11.6. The van der Waals surface area contributed by atoms with Crippen molar-refractivity contribution in [1.82, 2.24) is 19.6 Å². The molecule has 1 atom stereocenters. The molecule has 2 aromatic rings. The summed E-state index contributed by atoms with van der Waals surface area (Å²) in [6, 6.07) is 10.1. The number of hydrogen-bond donors (Lipinski definition) is 0. The number of nitrogens with zero attached hydrogens (tertiary/aromatic N) is 5. The molecule has 3 heterocycles. The summed E-state index contributed by atoms with van der Waals surface area (Å²) in [7, 11) is 0. The van der Waals surface area contributed by atoms with E-state index in [1.54, 1.807) is 25.7 Å². The molecule has 54 heavy (non-hydrogen) atoms. The van der Waals surface area contributed by atoms with Gasteiger partial charge in [0, 0.05) is 82.1 Å². The van der Waals surface area contributed by atoms with Crippen molar-refractivity contribution in [2.24, 2.45) is 0 Å². The minimum Gasteiger partial charge on any atom is -0.488 e. The third-order valence-corrected chi connectivity index (χ3v) is 10.4. The third-order valence-electron chi connectivity index (χ3n) is 10.4. The van der Waals surface area contributed by atoms with Crippen molar-refractivity contribution in [2.75, 3.05) is 70.3 Å². The lowest BCUT2D eigenvalue weighted by Crippen LogP contribution is -2.51. The summed E-state index contributed by atoms with van der Waals surface area (Å²) in [5.41, 5.74) is 1.33. The lowest BCUT2D eigenvalue weighted by Gasteiger charge is -2.37. The van der Waals surface area contributed by atoms with E-state index in [1.165, 1.54) is 12.1 Å². The standard InChI is InChI=1S/C41H56FN5O7/c1-40(2,3)53-38(50)46-21-15-43(16-22-46)32-24-30(23-31(42)26-32)37(49)45-19-17-44(18-20-45)36(48)29-11-12-35(34(25-29)28-9-7-8-10-28)52-33-13-14-47(27-33)39(51)54-41(4,5)6/h11-12,23-26,28,33H,7-10,13-22,27H2,1-6H3/t33-/m0/s1. The molecular weight excluding hydrogens is 693 g/mol. The van der Waals surface area contributed by atoms with Gasteiger partial charge in [-0.1, -0.05) is 12.8 Å². The molecule has 4 amide bonds. The lowest BCUT2D eigenvalue weighted by molar-refractivity contribution is 0.0238. The van der Waals surface area contributed by atoms with Crippen LogP contribution in [0.4, 0.5) is 19.7 Å². The van der Waals surface area contributed by atoms with Gasteiger partial charge in [0.1, 0.15) is 28.9 Å². The zero-order chi connectivity index (χ0) is 38.8. The number of amides is 4. The predicted molar refractivity (Wildman–Crippen MR) is 203 cm³/mol. The number of anilines is 1. The fourth-order valence-corrected chi connectivity index (χ4v) is 7.67. The van der Waals surface area contributed by atoms with Gasteiger partial charge in [-0.3, -0.25) is 9.59 Å². The minimum absolute atomic E-state index is 0.0940. The van der Waals surface area contributed by atoms with Gasteiger partial charge >= 0.3 is 12.2 Å². The van der Waals surface area contributed by atoms with Gasteiger partial charge in [0.15, 0.2) is 0 Å². The fourth-order valence-electron chi connectivity index (χ4n) is 7.67. The van der Waals surface area contributed by atoms with E-state index in [9.17, 15) is 23.6 Å². The van der Waals surface area contributed by atoms with Gasteiger partial charge in [-0.15, -0.1) is 0 Å². The highest BCUT2D eigenvalue weighted by Crippen LogP contribution is 2.40. The molecule has 4 fully saturated rings. The number of carbonyl (C=O) groups excluding carboxylic acids is 4. The Balaban J connectivity index is 1.05. The summed E-state index contributed by atoms with van der Waals surface area (Å²) in [4.78, 5) is 61.3. The summed E-state index contributed by atoms with van der Waals surface area (Å²) in [5, 5.41) is 0. The van der Waals surface area contributed by atoms with E-state index < -0.39 is 17.0 Å². The number of piperazine rings is 2. The monoisotopic (exact) mass is 749 g/mol. The van der Waals surface area contributed by atoms with E-state index in [2.05, 4.69) is 0 Å². The summed E-state index contributed by atoms with van der Waals surface area (Å²) < 4.78 is 32.4. The lowest BCUT2D eigenvalue weighted by atomic mass is 9.94. The second kappa shape index (κ2) is 16.0. The van der Waals surface area contributed by atoms with Crippen LogP contribution in [-0.2, 0) is 9.47 Å². The van der Waals surface area contributed by atoms with E-state index >= 15 is 0 Å². The Morgan fingerprint density at radius 1 is 0.630 bits per heavy atom. The number of halogens is 1. The maximum absolute atomic E-state index is 14.9. The zero-order valence-corrected chi connectivity index (χ0v) is 32.7. The molecule has 0 spiro atoms. The molecule has 0 aromatic heterocycles. The van der Waals surface area contributed by atoms with Gasteiger partial charge in [0.05, 0.1) is 6.54 Å². The first-order chi connectivity index (χ1) is 25.5. The van der Waals surface area contributed by atoms with Crippen LogP contribution in [0, 0.1) is 5.82 Å². The summed E-state index contributed by atoms with van der Waals surface area (Å²) in [5.74, 6) is 0.193. The number of benzene rings is 2. The summed E-state index contributed by atoms with van der Waals surface area (Å²) in [6.07, 6.45) is 4.17. The highest BCUT2D eigenvalue weighted by Gasteiger charge is 2.33. The molecule has 0 radical (unpaired) electrons. The number of likely N-dealkylation sites (tertiary alicyclic amines) is 1. The second-order valence-electron chi connectivity index (χ2n) is 16.9. The molecule has 1 saturated carbocycles. The average Bonchev–Trinajstić information content (AvgIpc) is 3.83. The van der Waals surface area contributed by atoms with Crippen LogP contribution in [-0.4, -0.2) is 126 Å². The van der Waals surface area contributed by atoms with Gasteiger partial charge < -0.3 is 38.7 Å². The van der Waals surface area contributed by atoms with Crippen LogP contribution in [0.5, 0.6) is 5.75 Å². The molecule has 1 aliphatic carbocycles. The highest BCUT2D eigenvalue weighted by molar-refractivity contribution is 5.97. The smallest absolute Gasteiger partial charge is 0.410 e. The molecule has 294 valence electrons. The second-order valence-corrected chi connectivity index (χ2v) is 16.9. The molecule has 3 saturated heterocycles. The molecule has 3 aliphatic heterocycles. The van der Waals surface area contributed by atoms with Crippen LogP contribution < -0.4 is 9.64 Å². The SMILES string of the molecule is CC(C)(C)OC(=O)N1CCN(c2cc(F)cc(C(=O)N3CCN(C(=O)c4ccc(O[C@H]5CCN(C(=O)OC(C)(C)C)C5)c(C5CCCC5)c4)CC3)c2)CC1. The van der Waals surface area contributed by atoms with Crippen LogP contribution >= 0.6 is 0 Å². The largest absolute Gasteiger partial charge is 0.488 e. The van der Waals surface area contributed by atoms with E-state index in [0.29, 0.717) is 89.0 Å². The Morgan fingerprint density at radius 3 is 1.78 bits per heavy atom. The van der Waals surface area contributed by atoms with Crippen molar-refractivity contribution >= 4 is 29.7 Å². The third kappa shape index (κ3) is 9.75. The molecule has 0 N–H and O–H groups in total. The molecule has 13 heteroatoms. The molecular formula is C41H56FN5O7. The minimum atomic E-state index is -0.587. The van der Waals surface area contributed by atoms with Crippen LogP contribution in [0.3, 0.4) is 0 Å². The van der Waals surface area contributed by atoms with Gasteiger partial charge in [0.25, 0.3) is 11.8 Å². The number of hydrogen-bond acceptors (Lipinski definition) is 8. The quantitative estimate of drug-likeness (QED) is 0.328. The molecule has 0 bridgehead atoms. The van der Waals surface area contributed by atoms with E-state index in [0.717, 1.165) is 37.0 Å². The first-order valence-corrected chi connectivity index (χ1v) is 19.4. The molecule has 2 aromatic carbocycles. The zero-order valence-electron chi connectivity index (χ0n) is 32.7. The van der Waals surface area contributed by atoms with Gasteiger partial charge in [0.2, 0.25) is 0 Å². The number of rotatable bonds is 6. The Morgan fingerprint density at radius 2 is 1.19 bits per heavy atom. The average molecular weight is 750 g/mol. The van der Waals surface area contributed by atoms with Crippen molar-refractivity contribution < 1.29 is 37.8 Å². The summed E-state index contributed by atoms with van der Waals surface area (Å²) >= 11 is 0. The molecule has 12 nitrogen and oxygen atoms in total. The van der Waals surface area contributed by atoms with Crippen LogP contribution in [0.15, 0.2) is 36.4 Å². The van der Waals surface area contributed by atoms with Crippen molar-refractivity contribution in [2.45, 2.75) is 96.9 Å². The van der Waals surface area contributed by atoms with Crippen LogP contribution in [0.1, 0.15) is 106 Å². The van der Waals surface area contributed by atoms with E-state index in [1.807, 2.05) is 64.6 Å². The first kappa shape index (κ1) is 39.2. The Hall–Kier alpha value is -4.55. The predicted octanol–water partition coefficient (Wildman–Crippen LogP) is 6.53. The van der Waals surface area contributed by atoms with Crippen LogP contribution in [0.25, 0.3) is 0 Å². The van der Waals surface area contributed by atoms with Crippen molar-refractivity contribution in [3.05, 3.63) is 58.9 Å². The normalized spacial score (nSPS) is 20.0. The van der Waals surface area contributed by atoms with Crippen LogP contribution in [0.2, 0.25) is 0 Å². The topological polar surface area (TPSA) is 112 Å². The van der Waals surface area contributed by atoms with Gasteiger partial charge in [-0.05, 0) is 102 Å². The molecule has 4 aliphatic rings. The van der Waals surface area contributed by atoms with Gasteiger partial charge in [-0.25, -0.2) is 14.0 Å².